The molecular formula is C15H19N3O4. The molecule has 118 valence electrons. The quantitative estimate of drug-likeness (QED) is 0.817. The monoisotopic (exact) mass is 305 g/mol. The Kier molecular flexibility index (Phi) is 3.42. The van der Waals surface area contributed by atoms with Gasteiger partial charge in [0.15, 0.2) is 5.60 Å². The molecule has 1 aromatic heterocycles. The van der Waals surface area contributed by atoms with Gasteiger partial charge in [0.2, 0.25) is 0 Å². The van der Waals surface area contributed by atoms with E-state index in [0.717, 1.165) is 5.69 Å². The van der Waals surface area contributed by atoms with E-state index in [2.05, 4.69) is 4.98 Å². The fraction of sp³-hybridized carbons (Fsp3) is 0.533. The van der Waals surface area contributed by atoms with E-state index in [-0.39, 0.29) is 12.0 Å². The Balaban J connectivity index is 1.80. The lowest BCUT2D eigenvalue weighted by Gasteiger charge is -2.22. The molecule has 2 aliphatic heterocycles. The molecule has 2 aliphatic rings. The van der Waals surface area contributed by atoms with Gasteiger partial charge in [-0.1, -0.05) is 0 Å². The van der Waals surface area contributed by atoms with Gasteiger partial charge in [-0.25, -0.2) is 4.79 Å². The van der Waals surface area contributed by atoms with E-state index in [1.807, 2.05) is 6.92 Å². The number of hydrogen-bond donors (Lipinski definition) is 0. The van der Waals surface area contributed by atoms with Crippen LogP contribution >= 0.6 is 0 Å². The van der Waals surface area contributed by atoms with Crippen LogP contribution in [-0.2, 0) is 4.74 Å². The first kappa shape index (κ1) is 14.6. The Morgan fingerprint density at radius 3 is 2.86 bits per heavy atom. The highest BCUT2D eigenvalue weighted by molar-refractivity contribution is 5.97. The van der Waals surface area contributed by atoms with Crippen molar-refractivity contribution in [1.29, 1.82) is 0 Å². The highest BCUT2D eigenvalue weighted by Gasteiger charge is 2.49. The van der Waals surface area contributed by atoms with Crippen LogP contribution in [0.2, 0.25) is 0 Å². The highest BCUT2D eigenvalue weighted by atomic mass is 16.6. The summed E-state index contributed by atoms with van der Waals surface area (Å²) in [5.41, 5.74) is 0.673. The van der Waals surface area contributed by atoms with E-state index < -0.39 is 5.60 Å². The summed E-state index contributed by atoms with van der Waals surface area (Å²) in [6, 6.07) is 1.72. The Hall–Kier alpha value is -2.31. The maximum absolute atomic E-state index is 12.7. The third kappa shape index (κ3) is 2.36. The average Bonchev–Trinajstić information content (AvgIpc) is 3.02. The van der Waals surface area contributed by atoms with Gasteiger partial charge >= 0.3 is 6.09 Å². The molecule has 0 aromatic carbocycles. The first-order chi connectivity index (χ1) is 10.4. The maximum atomic E-state index is 12.7. The van der Waals surface area contributed by atoms with Crippen molar-refractivity contribution in [2.24, 2.45) is 0 Å². The van der Waals surface area contributed by atoms with Crippen LogP contribution in [0.5, 0.6) is 5.75 Å². The van der Waals surface area contributed by atoms with E-state index in [4.69, 9.17) is 9.47 Å². The van der Waals surface area contributed by atoms with Crippen molar-refractivity contribution < 1.29 is 19.1 Å². The molecule has 0 bridgehead atoms. The van der Waals surface area contributed by atoms with Gasteiger partial charge in [0, 0.05) is 25.7 Å². The van der Waals surface area contributed by atoms with E-state index in [1.165, 1.54) is 7.11 Å². The minimum Gasteiger partial charge on any atom is -0.494 e. The van der Waals surface area contributed by atoms with Crippen LogP contribution in [0, 0.1) is 6.92 Å². The van der Waals surface area contributed by atoms with Crippen LogP contribution in [0.15, 0.2) is 12.3 Å². The number of pyridine rings is 1. The lowest BCUT2D eigenvalue weighted by atomic mass is 10.0. The van der Waals surface area contributed by atoms with Gasteiger partial charge in [-0.15, -0.1) is 0 Å². The van der Waals surface area contributed by atoms with Crippen molar-refractivity contribution >= 4 is 12.0 Å². The summed E-state index contributed by atoms with van der Waals surface area (Å²) in [5.74, 6) is 0.335. The van der Waals surface area contributed by atoms with Crippen LogP contribution in [0.1, 0.15) is 22.5 Å². The van der Waals surface area contributed by atoms with E-state index in [9.17, 15) is 9.59 Å². The predicted octanol–water partition coefficient (Wildman–Crippen LogP) is 1.07. The van der Waals surface area contributed by atoms with Gasteiger partial charge in [-0.05, 0) is 13.0 Å². The Bertz CT molecular complexity index is 633. The van der Waals surface area contributed by atoms with Crippen molar-refractivity contribution in [3.8, 4) is 5.75 Å². The number of likely N-dealkylation sites (N-methyl/N-ethyl adjacent to an activating group) is 1. The summed E-state index contributed by atoms with van der Waals surface area (Å²) in [6.07, 6.45) is 1.88. The van der Waals surface area contributed by atoms with Crippen molar-refractivity contribution in [1.82, 2.24) is 14.8 Å². The molecule has 2 saturated heterocycles. The van der Waals surface area contributed by atoms with E-state index in [0.29, 0.717) is 37.4 Å². The predicted molar refractivity (Wildman–Crippen MR) is 77.9 cm³/mol. The molecular weight excluding hydrogens is 286 g/mol. The highest BCUT2D eigenvalue weighted by Crippen LogP contribution is 2.33. The van der Waals surface area contributed by atoms with Crippen LogP contribution < -0.4 is 4.74 Å². The number of carbonyl (C=O) groups is 2. The standard InChI is InChI=1S/C15H19N3O4/c1-10-6-11(12(21-3)7-16-10)13(19)18-5-4-15(9-18)8-17(2)14(20)22-15/h6-7H,4-5,8-9H2,1-3H3. The number of hydrogen-bond acceptors (Lipinski definition) is 5. The molecule has 1 spiro atoms. The third-order valence-corrected chi connectivity index (χ3v) is 4.20. The molecule has 0 N–H and O–H groups in total. The Morgan fingerprint density at radius 1 is 1.45 bits per heavy atom. The molecule has 0 saturated carbocycles. The second-order valence-corrected chi connectivity index (χ2v) is 5.91. The molecule has 0 aliphatic carbocycles. The molecule has 0 radical (unpaired) electrons. The van der Waals surface area contributed by atoms with Crippen LogP contribution in [-0.4, -0.2) is 66.2 Å². The largest absolute Gasteiger partial charge is 0.494 e. The molecule has 1 unspecified atom stereocenters. The van der Waals surface area contributed by atoms with Crippen LogP contribution in [0.4, 0.5) is 4.79 Å². The van der Waals surface area contributed by atoms with Crippen molar-refractivity contribution in [3.05, 3.63) is 23.5 Å². The molecule has 7 heteroatoms. The molecule has 1 aromatic rings. The number of aryl methyl sites for hydroxylation is 1. The Labute approximate surface area is 128 Å². The lowest BCUT2D eigenvalue weighted by Crippen LogP contribution is -2.39. The van der Waals surface area contributed by atoms with Gasteiger partial charge in [0.05, 0.1) is 32.0 Å². The molecule has 3 rings (SSSR count). The normalized spacial score (nSPS) is 24.0. The molecule has 2 amide bonds. The number of ether oxygens (including phenoxy) is 2. The second-order valence-electron chi connectivity index (χ2n) is 5.91. The zero-order chi connectivity index (χ0) is 15.9. The first-order valence-electron chi connectivity index (χ1n) is 7.18. The topological polar surface area (TPSA) is 72.0 Å². The summed E-state index contributed by atoms with van der Waals surface area (Å²) < 4.78 is 10.7. The smallest absolute Gasteiger partial charge is 0.410 e. The number of carbonyl (C=O) groups excluding carboxylic acids is 2. The van der Waals surface area contributed by atoms with Gasteiger partial charge < -0.3 is 19.3 Å². The minimum absolute atomic E-state index is 0.121. The molecule has 2 fully saturated rings. The number of aromatic nitrogens is 1. The van der Waals surface area contributed by atoms with Crippen molar-refractivity contribution in [3.63, 3.8) is 0 Å². The number of likely N-dealkylation sites (tertiary alicyclic amines) is 1. The summed E-state index contributed by atoms with van der Waals surface area (Å²) in [4.78, 5) is 31.7. The van der Waals surface area contributed by atoms with Crippen LogP contribution in [0.25, 0.3) is 0 Å². The number of rotatable bonds is 2. The molecule has 7 nitrogen and oxygen atoms in total. The fourth-order valence-corrected chi connectivity index (χ4v) is 3.07. The van der Waals surface area contributed by atoms with Crippen LogP contribution in [0.3, 0.4) is 0 Å². The summed E-state index contributed by atoms with van der Waals surface area (Å²) in [5, 5.41) is 0. The van der Waals surface area contributed by atoms with Gasteiger partial charge in [0.25, 0.3) is 5.91 Å². The third-order valence-electron chi connectivity index (χ3n) is 4.20. The fourth-order valence-electron chi connectivity index (χ4n) is 3.07. The minimum atomic E-state index is -0.573. The summed E-state index contributed by atoms with van der Waals surface area (Å²) in [6.45, 7) is 3.31. The average molecular weight is 305 g/mol. The van der Waals surface area contributed by atoms with E-state index in [1.54, 1.807) is 29.1 Å². The molecule has 3 heterocycles. The number of methoxy groups -OCH3 is 1. The van der Waals surface area contributed by atoms with Gasteiger partial charge in [0.1, 0.15) is 5.75 Å². The van der Waals surface area contributed by atoms with Crippen molar-refractivity contribution in [2.45, 2.75) is 18.9 Å². The van der Waals surface area contributed by atoms with Crippen molar-refractivity contribution in [2.75, 3.05) is 33.8 Å². The second kappa shape index (κ2) is 5.15. The lowest BCUT2D eigenvalue weighted by molar-refractivity contribution is 0.0551. The first-order valence-corrected chi connectivity index (χ1v) is 7.18. The number of amides is 2. The SMILES string of the molecule is COc1cnc(C)cc1C(=O)N1CCC2(CN(C)C(=O)O2)C1. The van der Waals surface area contributed by atoms with Gasteiger partial charge in [-0.3, -0.25) is 9.78 Å². The molecule has 22 heavy (non-hydrogen) atoms. The van der Waals surface area contributed by atoms with E-state index >= 15 is 0 Å². The zero-order valence-electron chi connectivity index (χ0n) is 13.0. The maximum Gasteiger partial charge on any atom is 0.410 e. The number of nitrogens with zero attached hydrogens (tertiary/aromatic N) is 3. The summed E-state index contributed by atoms with van der Waals surface area (Å²) in [7, 11) is 3.22. The Morgan fingerprint density at radius 2 is 2.23 bits per heavy atom. The summed E-state index contributed by atoms with van der Waals surface area (Å²) >= 11 is 0. The zero-order valence-corrected chi connectivity index (χ0v) is 13.0. The molecule has 1 atom stereocenters. The van der Waals surface area contributed by atoms with Gasteiger partial charge in [-0.2, -0.15) is 0 Å².